The van der Waals surface area contributed by atoms with Gasteiger partial charge in [-0.15, -0.1) is 0 Å². The Labute approximate surface area is 147 Å². The molecular formula is C16H22ClNO5S. The summed E-state index contributed by atoms with van der Waals surface area (Å²) in [7, 11) is -1.64. The number of hydrogen-bond acceptors (Lipinski definition) is 5. The van der Waals surface area contributed by atoms with Gasteiger partial charge in [0.1, 0.15) is 0 Å². The van der Waals surface area contributed by atoms with Crippen LogP contribution in [0.1, 0.15) is 37.6 Å². The minimum absolute atomic E-state index is 0.0643. The Morgan fingerprint density at radius 1 is 1.38 bits per heavy atom. The first kappa shape index (κ1) is 18.9. The molecular weight excluding hydrogens is 354 g/mol. The molecule has 8 heteroatoms. The maximum Gasteiger partial charge on any atom is 0.251 e. The maximum atomic E-state index is 12.5. The molecule has 1 aliphatic rings. The highest BCUT2D eigenvalue weighted by atomic mass is 35.5. The van der Waals surface area contributed by atoms with Crippen molar-refractivity contribution in [3.05, 3.63) is 22.7 Å². The Bertz CT molecular complexity index is 747. The fourth-order valence-corrected chi connectivity index (χ4v) is 5.00. The first-order chi connectivity index (χ1) is 11.1. The highest BCUT2D eigenvalue weighted by molar-refractivity contribution is 7.91. The first-order valence-electron chi connectivity index (χ1n) is 7.62. The number of halogens is 1. The van der Waals surface area contributed by atoms with Crippen LogP contribution in [0.4, 0.5) is 0 Å². The standard InChI is InChI=1S/C16H22ClNO5S/c1-10(2)23-14-12(17)7-11(8-13(14)22-4)15(19)18-16(3)5-6-24(20,21)9-16/h7-8,10H,5-6,9H2,1-4H3,(H,18,19)/t16-/m1/s1. The largest absolute Gasteiger partial charge is 0.493 e. The molecule has 1 atom stereocenters. The number of carbonyl (C=O) groups excluding carboxylic acids is 1. The van der Waals surface area contributed by atoms with Gasteiger partial charge in [-0.05, 0) is 39.3 Å². The molecule has 6 nitrogen and oxygen atoms in total. The van der Waals surface area contributed by atoms with E-state index in [4.69, 9.17) is 21.1 Å². The van der Waals surface area contributed by atoms with Crippen LogP contribution >= 0.6 is 11.6 Å². The second-order valence-electron chi connectivity index (χ2n) is 6.51. The average molecular weight is 376 g/mol. The summed E-state index contributed by atoms with van der Waals surface area (Å²) < 4.78 is 34.2. The molecule has 134 valence electrons. The summed E-state index contributed by atoms with van der Waals surface area (Å²) in [6.45, 7) is 5.44. The third-order valence-electron chi connectivity index (χ3n) is 3.76. The van der Waals surface area contributed by atoms with Gasteiger partial charge in [-0.3, -0.25) is 4.79 Å². The summed E-state index contributed by atoms with van der Waals surface area (Å²) in [5, 5.41) is 3.05. The number of methoxy groups -OCH3 is 1. The summed E-state index contributed by atoms with van der Waals surface area (Å²) in [6, 6.07) is 3.02. The van der Waals surface area contributed by atoms with Crippen LogP contribution in [0.2, 0.25) is 5.02 Å². The summed E-state index contributed by atoms with van der Waals surface area (Å²) in [4.78, 5) is 12.5. The molecule has 1 N–H and O–H groups in total. The Balaban J connectivity index is 2.26. The number of benzene rings is 1. The smallest absolute Gasteiger partial charge is 0.251 e. The molecule has 1 aliphatic heterocycles. The van der Waals surface area contributed by atoms with E-state index in [1.54, 1.807) is 6.92 Å². The topological polar surface area (TPSA) is 81.7 Å². The molecule has 24 heavy (non-hydrogen) atoms. The summed E-state index contributed by atoms with van der Waals surface area (Å²) in [5.41, 5.74) is -0.485. The molecule has 1 aromatic carbocycles. The molecule has 1 saturated heterocycles. The van der Waals surface area contributed by atoms with E-state index in [0.29, 0.717) is 23.5 Å². The highest BCUT2D eigenvalue weighted by Gasteiger charge is 2.39. The van der Waals surface area contributed by atoms with E-state index in [1.807, 2.05) is 13.8 Å². The van der Waals surface area contributed by atoms with Crippen molar-refractivity contribution in [1.82, 2.24) is 5.32 Å². The minimum Gasteiger partial charge on any atom is -0.493 e. The number of sulfone groups is 1. The van der Waals surface area contributed by atoms with Crippen molar-refractivity contribution < 1.29 is 22.7 Å². The lowest BCUT2D eigenvalue weighted by molar-refractivity contribution is 0.0915. The van der Waals surface area contributed by atoms with Crippen LogP contribution < -0.4 is 14.8 Å². The summed E-state index contributed by atoms with van der Waals surface area (Å²) in [5.74, 6) is 0.344. The van der Waals surface area contributed by atoms with Crippen molar-refractivity contribution in [3.8, 4) is 11.5 Å². The van der Waals surface area contributed by atoms with Crippen LogP contribution in [0.15, 0.2) is 12.1 Å². The average Bonchev–Trinajstić information content (AvgIpc) is 2.73. The molecule has 1 heterocycles. The predicted octanol–water partition coefficient (Wildman–Crippen LogP) is 2.44. The number of nitrogens with one attached hydrogen (secondary N) is 1. The van der Waals surface area contributed by atoms with Crippen molar-refractivity contribution >= 4 is 27.3 Å². The predicted molar refractivity (Wildman–Crippen MR) is 92.9 cm³/mol. The second-order valence-corrected chi connectivity index (χ2v) is 9.10. The summed E-state index contributed by atoms with van der Waals surface area (Å²) in [6.07, 6.45) is 0.291. The zero-order valence-corrected chi connectivity index (χ0v) is 15.8. The fourth-order valence-electron chi connectivity index (χ4n) is 2.66. The van der Waals surface area contributed by atoms with Gasteiger partial charge in [0.05, 0.1) is 35.3 Å². The van der Waals surface area contributed by atoms with Crippen LogP contribution in [0.25, 0.3) is 0 Å². The van der Waals surface area contributed by atoms with Gasteiger partial charge in [0.2, 0.25) is 0 Å². The first-order valence-corrected chi connectivity index (χ1v) is 9.82. The van der Waals surface area contributed by atoms with E-state index in [1.165, 1.54) is 19.2 Å². The molecule has 0 spiro atoms. The number of carbonyl (C=O) groups is 1. The molecule has 2 rings (SSSR count). The van der Waals surface area contributed by atoms with Crippen molar-refractivity contribution in [1.29, 1.82) is 0 Å². The van der Waals surface area contributed by atoms with Gasteiger partial charge in [-0.25, -0.2) is 8.42 Å². The molecule has 0 aromatic heterocycles. The molecule has 0 unspecified atom stereocenters. The number of amides is 1. The monoisotopic (exact) mass is 375 g/mol. The van der Waals surface area contributed by atoms with Gasteiger partial charge in [-0.2, -0.15) is 0 Å². The number of hydrogen-bond donors (Lipinski definition) is 1. The van der Waals surface area contributed by atoms with E-state index >= 15 is 0 Å². The summed E-state index contributed by atoms with van der Waals surface area (Å²) >= 11 is 6.22. The van der Waals surface area contributed by atoms with Gasteiger partial charge < -0.3 is 14.8 Å². The lowest BCUT2D eigenvalue weighted by Crippen LogP contribution is -2.46. The molecule has 0 saturated carbocycles. The lowest BCUT2D eigenvalue weighted by atomic mass is 10.0. The Morgan fingerprint density at radius 2 is 2.04 bits per heavy atom. The minimum atomic E-state index is -3.11. The van der Waals surface area contributed by atoms with Crippen molar-refractivity contribution in [2.45, 2.75) is 38.8 Å². The van der Waals surface area contributed by atoms with E-state index in [0.717, 1.165) is 0 Å². The number of ether oxygens (including phenoxy) is 2. The molecule has 0 radical (unpaired) electrons. The van der Waals surface area contributed by atoms with Crippen LogP contribution in [-0.2, 0) is 9.84 Å². The SMILES string of the molecule is COc1cc(C(=O)N[C@]2(C)CCS(=O)(=O)C2)cc(Cl)c1OC(C)C. The van der Waals surface area contributed by atoms with Gasteiger partial charge in [0.15, 0.2) is 21.3 Å². The molecule has 0 aliphatic carbocycles. The van der Waals surface area contributed by atoms with Crippen molar-refractivity contribution in [2.24, 2.45) is 0 Å². The van der Waals surface area contributed by atoms with E-state index in [2.05, 4.69) is 5.32 Å². The van der Waals surface area contributed by atoms with Crippen LogP contribution in [-0.4, -0.2) is 44.6 Å². The van der Waals surface area contributed by atoms with E-state index < -0.39 is 21.3 Å². The third-order valence-corrected chi connectivity index (χ3v) is 5.95. The lowest BCUT2D eigenvalue weighted by Gasteiger charge is -2.24. The normalized spacial score (nSPS) is 22.4. The Morgan fingerprint density at radius 3 is 2.54 bits per heavy atom. The second kappa shape index (κ2) is 6.80. The number of rotatable bonds is 5. The van der Waals surface area contributed by atoms with Crippen LogP contribution in [0.3, 0.4) is 0 Å². The molecule has 1 fully saturated rings. The zero-order chi connectivity index (χ0) is 18.1. The van der Waals surface area contributed by atoms with Gasteiger partial charge >= 0.3 is 0 Å². The van der Waals surface area contributed by atoms with Crippen LogP contribution in [0.5, 0.6) is 11.5 Å². The van der Waals surface area contributed by atoms with E-state index in [-0.39, 0.29) is 22.6 Å². The van der Waals surface area contributed by atoms with Crippen molar-refractivity contribution in [2.75, 3.05) is 18.6 Å². The Kier molecular flexibility index (Phi) is 5.34. The molecule has 1 aromatic rings. The van der Waals surface area contributed by atoms with Gasteiger partial charge in [-0.1, -0.05) is 11.6 Å². The fraction of sp³-hybridized carbons (Fsp3) is 0.562. The molecule has 1 amide bonds. The zero-order valence-electron chi connectivity index (χ0n) is 14.2. The third kappa shape index (κ3) is 4.33. The highest BCUT2D eigenvalue weighted by Crippen LogP contribution is 2.37. The van der Waals surface area contributed by atoms with E-state index in [9.17, 15) is 13.2 Å². The van der Waals surface area contributed by atoms with Crippen LogP contribution in [0, 0.1) is 0 Å². The Hall–Kier alpha value is -1.47. The van der Waals surface area contributed by atoms with Gasteiger partial charge in [0, 0.05) is 5.56 Å². The molecule has 0 bridgehead atoms. The van der Waals surface area contributed by atoms with Crippen molar-refractivity contribution in [3.63, 3.8) is 0 Å². The quantitative estimate of drug-likeness (QED) is 0.854. The maximum absolute atomic E-state index is 12.5. The van der Waals surface area contributed by atoms with Gasteiger partial charge in [0.25, 0.3) is 5.91 Å².